The standard InChI is InChI=1S/C14H19N3O2/c1-4-9-17(11-5-6-11)14-12(7-8-13(18)19)10(2)15-16(14)3/h4,7-8,11H,1,5-6,9H2,2-3H3,(H,18,19)/b8-7+. The van der Waals surface area contributed by atoms with Gasteiger partial charge in [0.2, 0.25) is 0 Å². The Balaban J connectivity index is 2.41. The number of hydrogen-bond acceptors (Lipinski definition) is 3. The normalized spacial score (nSPS) is 14.8. The molecule has 1 aliphatic carbocycles. The summed E-state index contributed by atoms with van der Waals surface area (Å²) in [6.45, 7) is 6.43. The van der Waals surface area contributed by atoms with Crippen LogP contribution in [0.5, 0.6) is 0 Å². The summed E-state index contributed by atoms with van der Waals surface area (Å²) in [6, 6.07) is 0.518. The highest BCUT2D eigenvalue weighted by atomic mass is 16.4. The monoisotopic (exact) mass is 261 g/mol. The second-order valence-electron chi connectivity index (χ2n) is 4.79. The number of carbonyl (C=O) groups is 1. The molecule has 1 heterocycles. The Morgan fingerprint density at radius 3 is 2.84 bits per heavy atom. The van der Waals surface area contributed by atoms with Gasteiger partial charge in [0.05, 0.1) is 5.69 Å². The molecule has 0 spiro atoms. The molecule has 19 heavy (non-hydrogen) atoms. The Hall–Kier alpha value is -2.04. The van der Waals surface area contributed by atoms with Gasteiger partial charge >= 0.3 is 5.97 Å². The predicted molar refractivity (Wildman–Crippen MR) is 75.2 cm³/mol. The van der Waals surface area contributed by atoms with Crippen LogP contribution in [-0.2, 0) is 11.8 Å². The minimum absolute atomic E-state index is 0.518. The van der Waals surface area contributed by atoms with Crippen LogP contribution in [0.1, 0.15) is 24.1 Å². The van der Waals surface area contributed by atoms with Crippen molar-refractivity contribution >= 4 is 17.9 Å². The number of aryl methyl sites for hydroxylation is 2. The highest BCUT2D eigenvalue weighted by molar-refractivity contribution is 5.87. The number of anilines is 1. The minimum Gasteiger partial charge on any atom is -0.478 e. The lowest BCUT2D eigenvalue weighted by atomic mass is 10.2. The van der Waals surface area contributed by atoms with Crippen molar-refractivity contribution in [1.29, 1.82) is 0 Å². The van der Waals surface area contributed by atoms with Gasteiger partial charge in [-0.25, -0.2) is 4.79 Å². The summed E-state index contributed by atoms with van der Waals surface area (Å²) in [6.07, 6.45) is 6.98. The predicted octanol–water partition coefficient (Wildman–Crippen LogP) is 1.98. The van der Waals surface area contributed by atoms with Crippen molar-refractivity contribution in [2.75, 3.05) is 11.4 Å². The first-order valence-electron chi connectivity index (χ1n) is 6.36. The summed E-state index contributed by atoms with van der Waals surface area (Å²) in [5, 5.41) is 13.2. The van der Waals surface area contributed by atoms with Gasteiger partial charge in [-0.2, -0.15) is 5.10 Å². The molecule has 1 saturated carbocycles. The second-order valence-corrected chi connectivity index (χ2v) is 4.79. The van der Waals surface area contributed by atoms with Crippen LogP contribution >= 0.6 is 0 Å². The number of hydrogen-bond donors (Lipinski definition) is 1. The molecule has 5 heteroatoms. The third-order valence-corrected chi connectivity index (χ3v) is 3.22. The van der Waals surface area contributed by atoms with E-state index in [1.165, 1.54) is 12.8 Å². The van der Waals surface area contributed by atoms with Gasteiger partial charge in [-0.05, 0) is 25.8 Å². The van der Waals surface area contributed by atoms with Crippen LogP contribution in [0, 0.1) is 6.92 Å². The van der Waals surface area contributed by atoms with Gasteiger partial charge in [0.1, 0.15) is 5.82 Å². The van der Waals surface area contributed by atoms with Crippen LogP contribution in [0.15, 0.2) is 18.7 Å². The number of nitrogens with zero attached hydrogens (tertiary/aromatic N) is 3. The molecule has 0 radical (unpaired) electrons. The van der Waals surface area contributed by atoms with Crippen molar-refractivity contribution in [3.8, 4) is 0 Å². The summed E-state index contributed by atoms with van der Waals surface area (Å²) in [7, 11) is 1.89. The Bertz CT molecular complexity index is 527. The molecule has 1 aliphatic rings. The fourth-order valence-corrected chi connectivity index (χ4v) is 2.29. The molecule has 0 aliphatic heterocycles. The van der Waals surface area contributed by atoms with Crippen molar-refractivity contribution in [2.24, 2.45) is 7.05 Å². The molecule has 0 bridgehead atoms. The molecule has 0 amide bonds. The first kappa shape index (κ1) is 13.4. The summed E-state index contributed by atoms with van der Waals surface area (Å²) in [5.41, 5.74) is 1.71. The molecule has 0 aromatic carbocycles. The van der Waals surface area contributed by atoms with Gasteiger partial charge in [-0.3, -0.25) is 4.68 Å². The van der Waals surface area contributed by atoms with E-state index in [0.29, 0.717) is 6.04 Å². The van der Waals surface area contributed by atoms with Crippen LogP contribution in [0.3, 0.4) is 0 Å². The Kier molecular flexibility index (Phi) is 3.74. The lowest BCUT2D eigenvalue weighted by Gasteiger charge is -2.23. The molecule has 1 N–H and O–H groups in total. The summed E-state index contributed by atoms with van der Waals surface area (Å²) < 4.78 is 1.82. The molecule has 0 unspecified atom stereocenters. The third kappa shape index (κ3) is 2.86. The lowest BCUT2D eigenvalue weighted by Crippen LogP contribution is -2.28. The first-order valence-corrected chi connectivity index (χ1v) is 6.36. The Labute approximate surface area is 112 Å². The van der Waals surface area contributed by atoms with Crippen molar-refractivity contribution in [3.63, 3.8) is 0 Å². The van der Waals surface area contributed by atoms with E-state index in [1.54, 1.807) is 6.08 Å². The maximum Gasteiger partial charge on any atom is 0.328 e. The largest absolute Gasteiger partial charge is 0.478 e. The SMILES string of the molecule is C=CCN(c1c(/C=C/C(=O)O)c(C)nn1C)C1CC1. The topological polar surface area (TPSA) is 58.4 Å². The number of carboxylic acids is 1. The van der Waals surface area contributed by atoms with Gasteiger partial charge in [-0.1, -0.05) is 6.08 Å². The van der Waals surface area contributed by atoms with Gasteiger partial charge in [0, 0.05) is 31.3 Å². The molecule has 1 aromatic rings. The van der Waals surface area contributed by atoms with Crippen LogP contribution < -0.4 is 4.90 Å². The van der Waals surface area contributed by atoms with E-state index in [0.717, 1.165) is 29.7 Å². The number of rotatable bonds is 6. The maximum absolute atomic E-state index is 10.7. The number of aliphatic carboxylic acids is 1. The Morgan fingerprint density at radius 2 is 2.32 bits per heavy atom. The van der Waals surface area contributed by atoms with Crippen molar-refractivity contribution in [2.45, 2.75) is 25.8 Å². The van der Waals surface area contributed by atoms with Crippen molar-refractivity contribution in [3.05, 3.63) is 30.0 Å². The zero-order valence-electron chi connectivity index (χ0n) is 11.3. The quantitative estimate of drug-likeness (QED) is 0.628. The van der Waals surface area contributed by atoms with Gasteiger partial charge in [0.25, 0.3) is 0 Å². The van der Waals surface area contributed by atoms with Crippen LogP contribution in [0.4, 0.5) is 5.82 Å². The first-order chi connectivity index (χ1) is 9.04. The van der Waals surface area contributed by atoms with E-state index in [2.05, 4.69) is 16.6 Å². The van der Waals surface area contributed by atoms with E-state index in [9.17, 15) is 4.79 Å². The molecular formula is C14H19N3O2. The van der Waals surface area contributed by atoms with E-state index >= 15 is 0 Å². The number of aromatic nitrogens is 2. The van der Waals surface area contributed by atoms with E-state index in [4.69, 9.17) is 5.11 Å². The molecule has 1 aromatic heterocycles. The summed E-state index contributed by atoms with van der Waals surface area (Å²) in [5.74, 6) is 0.0216. The lowest BCUT2D eigenvalue weighted by molar-refractivity contribution is -0.131. The van der Waals surface area contributed by atoms with Crippen molar-refractivity contribution < 1.29 is 9.90 Å². The minimum atomic E-state index is -0.948. The number of carboxylic acid groups (broad SMARTS) is 1. The molecule has 0 atom stereocenters. The second kappa shape index (κ2) is 5.30. The molecule has 2 rings (SSSR count). The molecule has 5 nitrogen and oxygen atoms in total. The van der Waals surface area contributed by atoms with Gasteiger partial charge in [-0.15, -0.1) is 6.58 Å². The fourth-order valence-electron chi connectivity index (χ4n) is 2.29. The van der Waals surface area contributed by atoms with Gasteiger partial charge < -0.3 is 10.0 Å². The summed E-state index contributed by atoms with van der Waals surface area (Å²) >= 11 is 0. The van der Waals surface area contributed by atoms with E-state index in [1.807, 2.05) is 24.7 Å². The van der Waals surface area contributed by atoms with Crippen LogP contribution in [0.25, 0.3) is 6.08 Å². The molecule has 102 valence electrons. The van der Waals surface area contributed by atoms with E-state index < -0.39 is 5.97 Å². The summed E-state index contributed by atoms with van der Waals surface area (Å²) in [4.78, 5) is 12.9. The maximum atomic E-state index is 10.7. The highest BCUT2D eigenvalue weighted by Crippen LogP contribution is 2.34. The van der Waals surface area contributed by atoms with Crippen LogP contribution in [0.2, 0.25) is 0 Å². The molecule has 0 saturated heterocycles. The zero-order chi connectivity index (χ0) is 14.0. The Morgan fingerprint density at radius 1 is 1.63 bits per heavy atom. The zero-order valence-corrected chi connectivity index (χ0v) is 11.3. The smallest absolute Gasteiger partial charge is 0.328 e. The molecule has 1 fully saturated rings. The van der Waals surface area contributed by atoms with E-state index in [-0.39, 0.29) is 0 Å². The van der Waals surface area contributed by atoms with Crippen molar-refractivity contribution in [1.82, 2.24) is 9.78 Å². The average Bonchev–Trinajstić information content (AvgIpc) is 3.11. The molecular weight excluding hydrogens is 242 g/mol. The highest BCUT2D eigenvalue weighted by Gasteiger charge is 2.31. The van der Waals surface area contributed by atoms with Gasteiger partial charge in [0.15, 0.2) is 0 Å². The van der Waals surface area contributed by atoms with Crippen LogP contribution in [-0.4, -0.2) is 33.4 Å². The third-order valence-electron chi connectivity index (χ3n) is 3.22. The average molecular weight is 261 g/mol. The fraction of sp³-hybridized carbons (Fsp3) is 0.429.